The molecule has 18 heavy (non-hydrogen) atoms. The summed E-state index contributed by atoms with van der Waals surface area (Å²) in [5, 5.41) is 5.65. The van der Waals surface area contributed by atoms with Crippen LogP contribution in [0, 0.1) is 0 Å². The van der Waals surface area contributed by atoms with Gasteiger partial charge in [-0.15, -0.1) is 11.3 Å². The van der Waals surface area contributed by atoms with Crippen molar-refractivity contribution in [1.82, 2.24) is 20.2 Å². The normalized spacial score (nSPS) is 17.0. The second-order valence-corrected chi connectivity index (χ2v) is 5.12. The lowest BCUT2D eigenvalue weighted by atomic mass is 10.3. The minimum absolute atomic E-state index is 0.0476. The number of aromatic nitrogens is 2. The number of carbonyl (C=O) groups is 1. The van der Waals surface area contributed by atoms with Crippen LogP contribution >= 0.6 is 11.3 Å². The average molecular weight is 263 g/mol. The van der Waals surface area contributed by atoms with Crippen molar-refractivity contribution in [2.24, 2.45) is 0 Å². The number of fused-ring (bicyclic) bond motifs is 1. The van der Waals surface area contributed by atoms with E-state index < -0.39 is 0 Å². The first-order valence-electron chi connectivity index (χ1n) is 5.71. The summed E-state index contributed by atoms with van der Waals surface area (Å²) in [5.41, 5.74) is 5.89. The Balaban J connectivity index is 1.83. The number of amides is 1. The molecule has 1 aliphatic rings. The van der Waals surface area contributed by atoms with E-state index in [2.05, 4.69) is 15.3 Å². The second-order valence-electron chi connectivity index (χ2n) is 4.23. The molecule has 0 bridgehead atoms. The zero-order valence-electron chi connectivity index (χ0n) is 9.72. The molecule has 1 aliphatic heterocycles. The van der Waals surface area contributed by atoms with Crippen molar-refractivity contribution in [1.29, 1.82) is 0 Å². The lowest BCUT2D eigenvalue weighted by Gasteiger charge is -2.25. The fraction of sp³-hybridized carbons (Fsp3) is 0.364. The summed E-state index contributed by atoms with van der Waals surface area (Å²) in [4.78, 5) is 23.0. The first-order chi connectivity index (χ1) is 8.72. The van der Waals surface area contributed by atoms with Crippen LogP contribution in [0.25, 0.3) is 10.2 Å². The highest BCUT2D eigenvalue weighted by Gasteiger charge is 2.17. The molecule has 0 unspecified atom stereocenters. The van der Waals surface area contributed by atoms with Gasteiger partial charge in [0.05, 0.1) is 18.5 Å². The number of anilines is 1. The van der Waals surface area contributed by atoms with Gasteiger partial charge in [-0.3, -0.25) is 9.69 Å². The van der Waals surface area contributed by atoms with E-state index >= 15 is 0 Å². The fourth-order valence-corrected chi connectivity index (χ4v) is 2.81. The number of hydrogen-bond acceptors (Lipinski definition) is 6. The predicted molar refractivity (Wildman–Crippen MR) is 70.1 cm³/mol. The van der Waals surface area contributed by atoms with Gasteiger partial charge in [0.1, 0.15) is 16.5 Å². The molecule has 1 fully saturated rings. The van der Waals surface area contributed by atoms with Crippen molar-refractivity contribution in [3.63, 3.8) is 0 Å². The topological polar surface area (TPSA) is 84.1 Å². The number of hydrogen-bond donors (Lipinski definition) is 2. The van der Waals surface area contributed by atoms with Crippen LogP contribution in [0.4, 0.5) is 5.82 Å². The summed E-state index contributed by atoms with van der Waals surface area (Å²) < 4.78 is 0. The lowest BCUT2D eigenvalue weighted by molar-refractivity contribution is -0.124. The Morgan fingerprint density at radius 1 is 1.50 bits per heavy atom. The Bertz CT molecular complexity index is 596. The lowest BCUT2D eigenvalue weighted by Crippen LogP contribution is -2.47. The molecule has 3 heterocycles. The Morgan fingerprint density at radius 3 is 3.22 bits per heavy atom. The number of nitrogens with two attached hydrogens (primary N) is 1. The minimum atomic E-state index is 0.0476. The highest BCUT2D eigenvalue weighted by atomic mass is 32.1. The van der Waals surface area contributed by atoms with Crippen LogP contribution in [0.15, 0.2) is 11.4 Å². The molecule has 1 amide bonds. The second kappa shape index (κ2) is 4.51. The standard InChI is InChI=1S/C11H13N5OS/c12-10-7-1-4-18-11(7)15-8(14-10)5-16-3-2-13-9(17)6-16/h1,4H,2-3,5-6H2,(H,13,17)(H2,12,14,15). The first kappa shape index (κ1) is 11.4. The molecule has 0 saturated carbocycles. The van der Waals surface area contributed by atoms with E-state index in [9.17, 15) is 4.79 Å². The molecule has 2 aromatic heterocycles. The Hall–Kier alpha value is -1.73. The Kier molecular flexibility index (Phi) is 2.85. The van der Waals surface area contributed by atoms with E-state index in [0.29, 0.717) is 31.3 Å². The molecule has 1 saturated heterocycles. The molecular formula is C11H13N5OS. The molecule has 0 aliphatic carbocycles. The monoisotopic (exact) mass is 263 g/mol. The minimum Gasteiger partial charge on any atom is -0.383 e. The third kappa shape index (κ3) is 2.14. The van der Waals surface area contributed by atoms with E-state index in [1.54, 1.807) is 11.3 Å². The van der Waals surface area contributed by atoms with E-state index in [-0.39, 0.29) is 5.91 Å². The summed E-state index contributed by atoms with van der Waals surface area (Å²) in [5.74, 6) is 1.24. The summed E-state index contributed by atoms with van der Waals surface area (Å²) in [6.07, 6.45) is 0. The molecular weight excluding hydrogens is 250 g/mol. The van der Waals surface area contributed by atoms with Gasteiger partial charge in [-0.25, -0.2) is 9.97 Å². The van der Waals surface area contributed by atoms with Gasteiger partial charge in [0, 0.05) is 13.1 Å². The van der Waals surface area contributed by atoms with Gasteiger partial charge in [0.15, 0.2) is 0 Å². The largest absolute Gasteiger partial charge is 0.383 e. The number of piperazine rings is 1. The molecule has 7 heteroatoms. The fourth-order valence-electron chi connectivity index (χ4n) is 2.02. The van der Waals surface area contributed by atoms with E-state index in [4.69, 9.17) is 5.73 Å². The van der Waals surface area contributed by atoms with Gasteiger partial charge in [0.25, 0.3) is 0 Å². The van der Waals surface area contributed by atoms with Gasteiger partial charge in [0.2, 0.25) is 5.91 Å². The third-order valence-electron chi connectivity index (χ3n) is 2.88. The first-order valence-corrected chi connectivity index (χ1v) is 6.59. The number of nitrogens with zero attached hydrogens (tertiary/aromatic N) is 3. The number of rotatable bonds is 2. The van der Waals surface area contributed by atoms with E-state index in [1.165, 1.54) is 0 Å². The van der Waals surface area contributed by atoms with Crippen molar-refractivity contribution >= 4 is 33.3 Å². The van der Waals surface area contributed by atoms with Crippen LogP contribution in [0.5, 0.6) is 0 Å². The van der Waals surface area contributed by atoms with Gasteiger partial charge >= 0.3 is 0 Å². The van der Waals surface area contributed by atoms with E-state index in [0.717, 1.165) is 16.8 Å². The van der Waals surface area contributed by atoms with Crippen LogP contribution in [-0.4, -0.2) is 40.4 Å². The highest BCUT2D eigenvalue weighted by Crippen LogP contribution is 2.23. The van der Waals surface area contributed by atoms with Crippen LogP contribution < -0.4 is 11.1 Å². The van der Waals surface area contributed by atoms with Crippen LogP contribution in [0.1, 0.15) is 5.82 Å². The summed E-state index contributed by atoms with van der Waals surface area (Å²) in [7, 11) is 0. The molecule has 0 spiro atoms. The summed E-state index contributed by atoms with van der Waals surface area (Å²) >= 11 is 1.55. The van der Waals surface area contributed by atoms with Crippen molar-refractivity contribution in [3.8, 4) is 0 Å². The number of carbonyl (C=O) groups excluding carboxylic acids is 1. The molecule has 94 valence electrons. The maximum Gasteiger partial charge on any atom is 0.234 e. The number of nitrogens with one attached hydrogen (secondary N) is 1. The zero-order chi connectivity index (χ0) is 12.5. The average Bonchev–Trinajstić information content (AvgIpc) is 2.77. The van der Waals surface area contributed by atoms with Crippen molar-refractivity contribution < 1.29 is 4.79 Å². The van der Waals surface area contributed by atoms with Gasteiger partial charge in [-0.2, -0.15) is 0 Å². The quantitative estimate of drug-likeness (QED) is 0.809. The zero-order valence-corrected chi connectivity index (χ0v) is 10.5. The van der Waals surface area contributed by atoms with Crippen LogP contribution in [0.3, 0.4) is 0 Å². The smallest absolute Gasteiger partial charge is 0.234 e. The third-order valence-corrected chi connectivity index (χ3v) is 3.69. The van der Waals surface area contributed by atoms with Gasteiger partial charge in [-0.1, -0.05) is 0 Å². The van der Waals surface area contributed by atoms with Gasteiger partial charge < -0.3 is 11.1 Å². The van der Waals surface area contributed by atoms with Gasteiger partial charge in [-0.05, 0) is 11.4 Å². The maximum atomic E-state index is 11.3. The number of thiophene rings is 1. The molecule has 0 atom stereocenters. The molecule has 0 radical (unpaired) electrons. The molecule has 6 nitrogen and oxygen atoms in total. The van der Waals surface area contributed by atoms with E-state index in [1.807, 2.05) is 16.3 Å². The predicted octanol–water partition coefficient (Wildman–Crippen LogP) is 0.205. The highest BCUT2D eigenvalue weighted by molar-refractivity contribution is 7.16. The SMILES string of the molecule is Nc1nc(CN2CCNC(=O)C2)nc2sccc12. The summed E-state index contributed by atoms with van der Waals surface area (Å²) in [6.45, 7) is 2.45. The summed E-state index contributed by atoms with van der Waals surface area (Å²) in [6, 6.07) is 1.92. The van der Waals surface area contributed by atoms with Crippen molar-refractivity contribution in [2.75, 3.05) is 25.4 Å². The molecule has 0 aromatic carbocycles. The van der Waals surface area contributed by atoms with Crippen molar-refractivity contribution in [3.05, 3.63) is 17.3 Å². The molecule has 3 N–H and O–H groups in total. The maximum absolute atomic E-state index is 11.3. The Labute approximate surface area is 108 Å². The van der Waals surface area contributed by atoms with Crippen LogP contribution in [0.2, 0.25) is 0 Å². The number of nitrogen functional groups attached to an aromatic ring is 1. The molecule has 3 rings (SSSR count). The Morgan fingerprint density at radius 2 is 2.39 bits per heavy atom. The van der Waals surface area contributed by atoms with Crippen molar-refractivity contribution in [2.45, 2.75) is 6.54 Å². The molecule has 2 aromatic rings. The van der Waals surface area contributed by atoms with Crippen LogP contribution in [-0.2, 0) is 11.3 Å².